The third kappa shape index (κ3) is 2.15. The van der Waals surface area contributed by atoms with Crippen molar-refractivity contribution in [3.8, 4) is 0 Å². The van der Waals surface area contributed by atoms with Gasteiger partial charge in [0, 0.05) is 37.5 Å². The van der Waals surface area contributed by atoms with E-state index in [1.54, 1.807) is 12.4 Å². The van der Waals surface area contributed by atoms with Crippen LogP contribution in [0.15, 0.2) is 21.9 Å². The van der Waals surface area contributed by atoms with Gasteiger partial charge in [-0.3, -0.25) is 15.2 Å². The Hall–Kier alpha value is -1.69. The van der Waals surface area contributed by atoms with Crippen molar-refractivity contribution in [2.24, 2.45) is 10.1 Å². The molecule has 18 heavy (non-hydrogen) atoms. The van der Waals surface area contributed by atoms with Crippen LogP contribution in [0.5, 0.6) is 0 Å². The molecule has 0 spiro atoms. The molecule has 0 aromatic heterocycles. The summed E-state index contributed by atoms with van der Waals surface area (Å²) in [5, 5.41) is 4.36. The van der Waals surface area contributed by atoms with Crippen molar-refractivity contribution in [2.75, 3.05) is 19.7 Å². The van der Waals surface area contributed by atoms with E-state index < -0.39 is 0 Å². The number of fused-ring (bicyclic) bond motifs is 2. The van der Waals surface area contributed by atoms with Crippen LogP contribution in [0.4, 0.5) is 0 Å². The molecule has 3 heterocycles. The van der Waals surface area contributed by atoms with Gasteiger partial charge < -0.3 is 9.64 Å². The van der Waals surface area contributed by atoms with Crippen molar-refractivity contribution in [3.05, 3.63) is 11.8 Å². The number of amidine groups is 1. The zero-order valence-electron chi connectivity index (χ0n) is 10.1. The van der Waals surface area contributed by atoms with E-state index in [9.17, 15) is 4.79 Å². The molecular formula is C12H16N4O2. The van der Waals surface area contributed by atoms with Gasteiger partial charge in [0.2, 0.25) is 0 Å². The summed E-state index contributed by atoms with van der Waals surface area (Å²) in [6.45, 7) is 2.36. The number of carbonyl (C=O) groups excluding carboxylic acids is 1. The fourth-order valence-electron chi connectivity index (χ4n) is 2.60. The Morgan fingerprint density at radius 2 is 2.50 bits per heavy atom. The molecule has 0 amide bonds. The molecule has 2 atom stereocenters. The maximum Gasteiger partial charge on any atom is 0.153 e. The van der Waals surface area contributed by atoms with Crippen LogP contribution in [0.3, 0.4) is 0 Å². The summed E-state index contributed by atoms with van der Waals surface area (Å²) in [6.07, 6.45) is 6.16. The van der Waals surface area contributed by atoms with Gasteiger partial charge in [-0.25, -0.2) is 0 Å². The summed E-state index contributed by atoms with van der Waals surface area (Å²) in [4.78, 5) is 17.2. The molecule has 6 heteroatoms. The number of likely N-dealkylation sites (tertiary alicyclic amines) is 1. The lowest BCUT2D eigenvalue weighted by molar-refractivity contribution is -0.104. The first-order chi connectivity index (χ1) is 8.86. The Bertz CT molecular complexity index is 430. The lowest BCUT2D eigenvalue weighted by Gasteiger charge is -2.29. The maximum absolute atomic E-state index is 10.7. The summed E-state index contributed by atoms with van der Waals surface area (Å²) in [5.74, 6) is 1.01. The van der Waals surface area contributed by atoms with Crippen molar-refractivity contribution in [1.82, 2.24) is 10.3 Å². The van der Waals surface area contributed by atoms with Gasteiger partial charge in [-0.05, 0) is 6.42 Å². The normalized spacial score (nSPS) is 36.8. The second-order valence-corrected chi connectivity index (χ2v) is 4.70. The first-order valence-corrected chi connectivity index (χ1v) is 6.22. The molecular weight excluding hydrogens is 232 g/mol. The van der Waals surface area contributed by atoms with Gasteiger partial charge in [0.15, 0.2) is 6.29 Å². The van der Waals surface area contributed by atoms with E-state index in [0.717, 1.165) is 38.1 Å². The van der Waals surface area contributed by atoms with Crippen LogP contribution < -0.4 is 5.43 Å². The van der Waals surface area contributed by atoms with Gasteiger partial charge >= 0.3 is 0 Å². The Kier molecular flexibility index (Phi) is 3.10. The SMILES string of the molecule is O=C/C1=C/N/N=C(/N2CC3CC2CO3)CCN=C1. The zero-order valence-corrected chi connectivity index (χ0v) is 10.1. The number of hydrogen-bond acceptors (Lipinski definition) is 6. The minimum absolute atomic E-state index is 0.356. The molecule has 6 nitrogen and oxygen atoms in total. The van der Waals surface area contributed by atoms with E-state index in [2.05, 4.69) is 20.4 Å². The van der Waals surface area contributed by atoms with E-state index in [1.165, 1.54) is 0 Å². The molecule has 2 saturated heterocycles. The number of hydrazone groups is 1. The van der Waals surface area contributed by atoms with Gasteiger partial charge in [0.05, 0.1) is 18.8 Å². The highest BCUT2D eigenvalue weighted by Gasteiger charge is 2.40. The van der Waals surface area contributed by atoms with Crippen LogP contribution in [0.25, 0.3) is 0 Å². The summed E-state index contributed by atoms with van der Waals surface area (Å²) in [7, 11) is 0. The fraction of sp³-hybridized carbons (Fsp3) is 0.583. The molecule has 3 aliphatic heterocycles. The second kappa shape index (κ2) is 4.89. The van der Waals surface area contributed by atoms with Gasteiger partial charge in [0.1, 0.15) is 5.84 Å². The molecule has 0 aromatic carbocycles. The predicted molar refractivity (Wildman–Crippen MR) is 67.5 cm³/mol. The standard InChI is InChI=1S/C12H16N4O2/c17-7-9-4-13-2-1-12(15-14-5-9)16-6-11-3-10(16)8-18-11/h4-5,7,10-11,14H,1-3,6,8H2/b9-5+,13-4?,15-12+. The number of nitrogens with zero attached hydrogens (tertiary/aromatic N) is 3. The number of morpholine rings is 1. The molecule has 2 fully saturated rings. The first-order valence-electron chi connectivity index (χ1n) is 6.22. The molecule has 0 radical (unpaired) electrons. The quantitative estimate of drug-likeness (QED) is 0.659. The van der Waals surface area contributed by atoms with E-state index in [4.69, 9.17) is 4.74 Å². The monoisotopic (exact) mass is 248 g/mol. The van der Waals surface area contributed by atoms with Crippen LogP contribution in [0.2, 0.25) is 0 Å². The molecule has 0 saturated carbocycles. The van der Waals surface area contributed by atoms with Gasteiger partial charge in [0.25, 0.3) is 0 Å². The number of aliphatic imine (C=N–C) groups is 1. The summed E-state index contributed by atoms with van der Waals surface area (Å²) in [5.41, 5.74) is 3.34. The third-order valence-electron chi connectivity index (χ3n) is 3.50. The number of carbonyl (C=O) groups is 1. The number of ether oxygens (including phenoxy) is 1. The Morgan fingerprint density at radius 1 is 1.56 bits per heavy atom. The lowest BCUT2D eigenvalue weighted by Crippen LogP contribution is -2.42. The second-order valence-electron chi connectivity index (χ2n) is 4.70. The minimum atomic E-state index is 0.356. The molecule has 0 aromatic rings. The van der Waals surface area contributed by atoms with Crippen molar-refractivity contribution < 1.29 is 9.53 Å². The Labute approximate surface area is 105 Å². The molecule has 1 N–H and O–H groups in total. The van der Waals surface area contributed by atoms with Crippen molar-refractivity contribution in [3.63, 3.8) is 0 Å². The molecule has 2 bridgehead atoms. The van der Waals surface area contributed by atoms with E-state index in [0.29, 0.717) is 24.3 Å². The topological polar surface area (TPSA) is 66.3 Å². The maximum atomic E-state index is 10.7. The lowest BCUT2D eigenvalue weighted by atomic mass is 10.2. The van der Waals surface area contributed by atoms with Gasteiger partial charge in [-0.2, -0.15) is 5.10 Å². The number of aldehydes is 1. The average Bonchev–Trinajstić information content (AvgIpc) is 3.03. The van der Waals surface area contributed by atoms with E-state index in [1.807, 2.05) is 0 Å². The highest BCUT2D eigenvalue weighted by atomic mass is 16.5. The van der Waals surface area contributed by atoms with Crippen LogP contribution in [-0.4, -0.2) is 55.1 Å². The minimum Gasteiger partial charge on any atom is -0.374 e. The number of rotatable bonds is 1. The largest absolute Gasteiger partial charge is 0.374 e. The smallest absolute Gasteiger partial charge is 0.153 e. The molecule has 0 aliphatic carbocycles. The molecule has 3 aliphatic rings. The highest BCUT2D eigenvalue weighted by molar-refractivity contribution is 6.01. The number of hydrogen-bond donors (Lipinski definition) is 1. The van der Waals surface area contributed by atoms with Crippen molar-refractivity contribution >= 4 is 18.3 Å². The molecule has 3 rings (SSSR count). The van der Waals surface area contributed by atoms with Crippen molar-refractivity contribution in [2.45, 2.75) is 25.0 Å². The predicted octanol–water partition coefficient (Wildman–Crippen LogP) is -0.0801. The third-order valence-corrected chi connectivity index (χ3v) is 3.50. The summed E-state index contributed by atoms with van der Waals surface area (Å²) >= 11 is 0. The van der Waals surface area contributed by atoms with E-state index in [-0.39, 0.29) is 0 Å². The van der Waals surface area contributed by atoms with Crippen LogP contribution in [0, 0.1) is 0 Å². The van der Waals surface area contributed by atoms with Crippen LogP contribution in [-0.2, 0) is 9.53 Å². The van der Waals surface area contributed by atoms with Gasteiger partial charge in [-0.1, -0.05) is 0 Å². The number of allylic oxidation sites excluding steroid dienone is 1. The van der Waals surface area contributed by atoms with Crippen LogP contribution in [0.1, 0.15) is 12.8 Å². The first kappa shape index (κ1) is 11.4. The fourth-order valence-corrected chi connectivity index (χ4v) is 2.60. The van der Waals surface area contributed by atoms with Crippen molar-refractivity contribution in [1.29, 1.82) is 0 Å². The van der Waals surface area contributed by atoms with Gasteiger partial charge in [-0.15, -0.1) is 0 Å². The van der Waals surface area contributed by atoms with Crippen LogP contribution >= 0.6 is 0 Å². The average molecular weight is 248 g/mol. The highest BCUT2D eigenvalue weighted by Crippen LogP contribution is 2.28. The molecule has 96 valence electrons. The summed E-state index contributed by atoms with van der Waals surface area (Å²) < 4.78 is 5.58. The Balaban J connectivity index is 1.74. The Morgan fingerprint density at radius 3 is 3.22 bits per heavy atom. The number of nitrogens with one attached hydrogen (secondary N) is 1. The zero-order chi connectivity index (χ0) is 12.4. The van der Waals surface area contributed by atoms with E-state index >= 15 is 0 Å². The summed E-state index contributed by atoms with van der Waals surface area (Å²) in [6, 6.07) is 0.454. The molecule has 2 unspecified atom stereocenters.